The van der Waals surface area contributed by atoms with Crippen molar-refractivity contribution >= 4 is 39.1 Å². The van der Waals surface area contributed by atoms with Crippen molar-refractivity contribution in [1.82, 2.24) is 9.55 Å². The predicted octanol–water partition coefficient (Wildman–Crippen LogP) is 4.83. The van der Waals surface area contributed by atoms with E-state index in [4.69, 9.17) is 11.6 Å². The van der Waals surface area contributed by atoms with Crippen LogP contribution in [0.1, 0.15) is 21.5 Å². The van der Waals surface area contributed by atoms with Crippen LogP contribution in [0.25, 0.3) is 21.6 Å². The van der Waals surface area contributed by atoms with E-state index in [2.05, 4.69) is 4.98 Å². The number of benzene rings is 2. The molecule has 0 unspecified atom stereocenters. The quantitative estimate of drug-likeness (QED) is 0.522. The van der Waals surface area contributed by atoms with Gasteiger partial charge in [-0.3, -0.25) is 9.36 Å². The number of nitrogens with zero attached hydrogens (tertiary/aromatic N) is 2. The molecule has 7 heteroatoms. The Labute approximate surface area is 169 Å². The second-order valence-electron chi connectivity index (χ2n) is 6.42. The maximum Gasteiger partial charge on any atom is 0.337 e. The van der Waals surface area contributed by atoms with Gasteiger partial charge in [-0.15, -0.1) is 11.3 Å². The molecule has 0 bridgehead atoms. The van der Waals surface area contributed by atoms with E-state index in [-0.39, 0.29) is 23.1 Å². The summed E-state index contributed by atoms with van der Waals surface area (Å²) in [6.07, 6.45) is 0. The first kappa shape index (κ1) is 18.4. The van der Waals surface area contributed by atoms with Crippen molar-refractivity contribution in [2.45, 2.75) is 13.5 Å². The lowest BCUT2D eigenvalue weighted by molar-refractivity contribution is 0.0699. The Bertz CT molecular complexity index is 1260. The van der Waals surface area contributed by atoms with Gasteiger partial charge < -0.3 is 5.11 Å². The number of thiophene rings is 1. The molecule has 2 aromatic carbocycles. The van der Waals surface area contributed by atoms with Gasteiger partial charge in [-0.2, -0.15) is 0 Å². The molecule has 1 N–H and O–H groups in total. The largest absolute Gasteiger partial charge is 0.478 e. The van der Waals surface area contributed by atoms with E-state index < -0.39 is 5.97 Å². The Kier molecular flexibility index (Phi) is 4.75. The van der Waals surface area contributed by atoms with E-state index in [0.717, 1.165) is 28.0 Å². The van der Waals surface area contributed by atoms with E-state index in [1.165, 1.54) is 9.95 Å². The summed E-state index contributed by atoms with van der Waals surface area (Å²) in [6.45, 7) is 2.18. The molecule has 0 aliphatic heterocycles. The molecule has 0 saturated heterocycles. The maximum atomic E-state index is 13.3. The normalized spacial score (nSPS) is 11.1. The number of rotatable bonds is 4. The Morgan fingerprint density at radius 2 is 1.89 bits per heavy atom. The third-order valence-corrected chi connectivity index (χ3v) is 5.76. The fourth-order valence-corrected chi connectivity index (χ4v) is 4.15. The van der Waals surface area contributed by atoms with Crippen molar-refractivity contribution in [3.63, 3.8) is 0 Å². The van der Waals surface area contributed by atoms with E-state index >= 15 is 0 Å². The van der Waals surface area contributed by atoms with Gasteiger partial charge in [-0.05, 0) is 18.6 Å². The van der Waals surface area contributed by atoms with Gasteiger partial charge in [-0.25, -0.2) is 9.78 Å². The van der Waals surface area contributed by atoms with Crippen molar-refractivity contribution in [3.05, 3.63) is 86.0 Å². The van der Waals surface area contributed by atoms with E-state index in [0.29, 0.717) is 15.7 Å². The number of carboxylic acid groups (broad SMARTS) is 1. The average molecular weight is 411 g/mol. The predicted molar refractivity (Wildman–Crippen MR) is 112 cm³/mol. The molecule has 0 fully saturated rings. The van der Waals surface area contributed by atoms with Gasteiger partial charge in [0, 0.05) is 16.0 Å². The van der Waals surface area contributed by atoms with Gasteiger partial charge in [0.15, 0.2) is 0 Å². The van der Waals surface area contributed by atoms with E-state index in [1.807, 2.05) is 49.4 Å². The summed E-state index contributed by atoms with van der Waals surface area (Å²) >= 11 is 7.45. The summed E-state index contributed by atoms with van der Waals surface area (Å²) in [5.74, 6) is -0.659. The molecule has 2 heterocycles. The molecule has 0 atom stereocenters. The second kappa shape index (κ2) is 7.22. The van der Waals surface area contributed by atoms with Crippen LogP contribution in [-0.4, -0.2) is 20.6 Å². The highest BCUT2D eigenvalue weighted by molar-refractivity contribution is 7.17. The molecule has 0 amide bonds. The molecule has 4 rings (SSSR count). The fourth-order valence-electron chi connectivity index (χ4n) is 3.05. The molecule has 0 radical (unpaired) electrons. The number of halogens is 1. The van der Waals surface area contributed by atoms with Crippen LogP contribution in [-0.2, 0) is 6.54 Å². The first-order valence-electron chi connectivity index (χ1n) is 8.51. The molecule has 0 spiro atoms. The number of carbonyl (C=O) groups is 1. The molecule has 5 nitrogen and oxygen atoms in total. The third-order valence-electron chi connectivity index (χ3n) is 4.52. The standard InChI is InChI=1S/C21H15ClN2O3S/c1-12-6-8-13(9-7-12)18-23-19-17(15(11-28-19)21(26)27)20(25)24(18)10-14-4-2-3-5-16(14)22/h2-9,11H,10H2,1H3,(H,26,27). The molecule has 4 aromatic rings. The van der Waals surface area contributed by atoms with Crippen molar-refractivity contribution in [1.29, 1.82) is 0 Å². The van der Waals surface area contributed by atoms with Crippen molar-refractivity contribution in [2.75, 3.05) is 0 Å². The van der Waals surface area contributed by atoms with Gasteiger partial charge in [0.2, 0.25) is 0 Å². The number of carboxylic acids is 1. The molecular formula is C21H15ClN2O3S. The average Bonchev–Trinajstić information content (AvgIpc) is 3.11. The number of aryl methyl sites for hydroxylation is 1. The summed E-state index contributed by atoms with van der Waals surface area (Å²) in [5.41, 5.74) is 2.21. The number of hydrogen-bond donors (Lipinski definition) is 1. The summed E-state index contributed by atoms with van der Waals surface area (Å²) in [7, 11) is 0. The lowest BCUT2D eigenvalue weighted by Crippen LogP contribution is -2.25. The smallest absolute Gasteiger partial charge is 0.337 e. The number of aromatic carboxylic acids is 1. The lowest BCUT2D eigenvalue weighted by atomic mass is 10.1. The zero-order valence-corrected chi connectivity index (χ0v) is 16.4. The molecule has 0 aliphatic rings. The minimum Gasteiger partial charge on any atom is -0.478 e. The van der Waals surface area contributed by atoms with Crippen LogP contribution in [0.5, 0.6) is 0 Å². The van der Waals surface area contributed by atoms with Gasteiger partial charge in [-0.1, -0.05) is 59.6 Å². The monoisotopic (exact) mass is 410 g/mol. The molecular weight excluding hydrogens is 396 g/mol. The fraction of sp³-hybridized carbons (Fsp3) is 0.0952. The Balaban J connectivity index is 2.01. The minimum atomic E-state index is -1.14. The summed E-state index contributed by atoms with van der Waals surface area (Å²) < 4.78 is 1.49. The number of hydrogen-bond acceptors (Lipinski definition) is 4. The topological polar surface area (TPSA) is 72.2 Å². The first-order chi connectivity index (χ1) is 13.5. The Hall–Kier alpha value is -2.96. The lowest BCUT2D eigenvalue weighted by Gasteiger charge is -2.14. The highest BCUT2D eigenvalue weighted by Crippen LogP contribution is 2.27. The van der Waals surface area contributed by atoms with E-state index in [1.54, 1.807) is 6.07 Å². The van der Waals surface area contributed by atoms with Gasteiger partial charge >= 0.3 is 5.97 Å². The third kappa shape index (κ3) is 3.21. The van der Waals surface area contributed by atoms with Crippen molar-refractivity contribution in [3.8, 4) is 11.4 Å². The zero-order valence-electron chi connectivity index (χ0n) is 14.8. The van der Waals surface area contributed by atoms with Crippen LogP contribution in [0, 0.1) is 6.92 Å². The highest BCUT2D eigenvalue weighted by atomic mass is 35.5. The van der Waals surface area contributed by atoms with Crippen molar-refractivity contribution < 1.29 is 9.90 Å². The zero-order chi connectivity index (χ0) is 19.8. The summed E-state index contributed by atoms with van der Waals surface area (Å²) in [4.78, 5) is 29.9. The summed E-state index contributed by atoms with van der Waals surface area (Å²) in [6, 6.07) is 15.0. The molecule has 0 aliphatic carbocycles. The van der Waals surface area contributed by atoms with Gasteiger partial charge in [0.1, 0.15) is 10.7 Å². The maximum absolute atomic E-state index is 13.3. The number of aromatic nitrogens is 2. The van der Waals surface area contributed by atoms with Crippen LogP contribution >= 0.6 is 22.9 Å². The molecule has 2 aromatic heterocycles. The van der Waals surface area contributed by atoms with Crippen LogP contribution in [0.15, 0.2) is 58.7 Å². The second-order valence-corrected chi connectivity index (χ2v) is 7.68. The van der Waals surface area contributed by atoms with Crippen LogP contribution in [0.3, 0.4) is 0 Å². The molecule has 140 valence electrons. The number of fused-ring (bicyclic) bond motifs is 1. The Morgan fingerprint density at radius 1 is 1.18 bits per heavy atom. The Morgan fingerprint density at radius 3 is 2.57 bits per heavy atom. The SMILES string of the molecule is Cc1ccc(-c2nc3scc(C(=O)O)c3c(=O)n2Cc2ccccc2Cl)cc1. The van der Waals surface area contributed by atoms with Crippen LogP contribution in [0.2, 0.25) is 5.02 Å². The van der Waals surface area contributed by atoms with Crippen LogP contribution in [0.4, 0.5) is 0 Å². The van der Waals surface area contributed by atoms with E-state index in [9.17, 15) is 14.7 Å². The molecule has 0 saturated carbocycles. The van der Waals surface area contributed by atoms with Crippen molar-refractivity contribution in [2.24, 2.45) is 0 Å². The highest BCUT2D eigenvalue weighted by Gasteiger charge is 2.20. The van der Waals surface area contributed by atoms with Gasteiger partial charge in [0.05, 0.1) is 17.5 Å². The van der Waals surface area contributed by atoms with Crippen LogP contribution < -0.4 is 5.56 Å². The minimum absolute atomic E-state index is 0.0270. The first-order valence-corrected chi connectivity index (χ1v) is 9.77. The summed E-state index contributed by atoms with van der Waals surface area (Å²) in [5, 5.41) is 11.6. The van der Waals surface area contributed by atoms with Gasteiger partial charge in [0.25, 0.3) is 5.56 Å². The molecule has 28 heavy (non-hydrogen) atoms.